The highest BCUT2D eigenvalue weighted by molar-refractivity contribution is 7.83. The fourth-order valence-electron chi connectivity index (χ4n) is 1.02. The average molecular weight is 264 g/mol. The van der Waals surface area contributed by atoms with Gasteiger partial charge in [0, 0.05) is 0 Å². The van der Waals surface area contributed by atoms with E-state index in [1.165, 1.54) is 6.92 Å². The molecule has 7 heteroatoms. The monoisotopic (exact) mass is 263 g/mol. The van der Waals surface area contributed by atoms with Crippen LogP contribution < -0.4 is 0 Å². The van der Waals surface area contributed by atoms with E-state index in [2.05, 4.69) is 0 Å². The van der Waals surface area contributed by atoms with Crippen molar-refractivity contribution in [3.05, 3.63) is 0 Å². The third-order valence-electron chi connectivity index (χ3n) is 2.39. The van der Waals surface area contributed by atoms with Gasteiger partial charge in [0.1, 0.15) is 5.00 Å². The van der Waals surface area contributed by atoms with Crippen molar-refractivity contribution < 1.29 is 13.0 Å². The summed E-state index contributed by atoms with van der Waals surface area (Å²) in [5, 5.41) is 0. The smallest absolute Gasteiger partial charge is 0.273 e. The molecule has 2 atom stereocenters. The van der Waals surface area contributed by atoms with Gasteiger partial charge in [0.25, 0.3) is 0 Å². The Bertz CT molecular complexity index is 279. The Morgan fingerprint density at radius 1 is 1.57 bits per heavy atom. The fourth-order valence-corrected chi connectivity index (χ4v) is 2.93. The van der Waals surface area contributed by atoms with Crippen LogP contribution in [0.3, 0.4) is 0 Å². The van der Waals surface area contributed by atoms with E-state index in [-0.39, 0.29) is 11.9 Å². The Kier molecular flexibility index (Phi) is 5.15. The van der Waals surface area contributed by atoms with Gasteiger partial charge in [0.15, 0.2) is 0 Å². The van der Waals surface area contributed by atoms with Crippen LogP contribution in [0, 0.1) is 5.92 Å². The van der Waals surface area contributed by atoms with Gasteiger partial charge in [-0.05, 0) is 12.8 Å². The predicted octanol–water partition coefficient (Wildman–Crippen LogP) is 2.29. The quantitative estimate of drug-likeness (QED) is 0.471. The highest BCUT2D eigenvalue weighted by Crippen LogP contribution is 2.33. The van der Waals surface area contributed by atoms with Gasteiger partial charge in [-0.3, -0.25) is 4.55 Å². The molecule has 0 saturated heterocycles. The van der Waals surface area contributed by atoms with Crippen LogP contribution in [0.4, 0.5) is 0 Å². The second kappa shape index (κ2) is 4.99. The molecule has 0 aliphatic carbocycles. The zero-order chi connectivity index (χ0) is 11.6. The van der Waals surface area contributed by atoms with E-state index in [1.807, 2.05) is 6.92 Å². The first-order valence-corrected chi connectivity index (χ1v) is 6.49. The lowest BCUT2D eigenvalue weighted by Crippen LogP contribution is -2.48. The number of hydrogen-bond acceptors (Lipinski definition) is 2. The lowest BCUT2D eigenvalue weighted by Gasteiger charge is -2.36. The molecule has 0 heterocycles. The maximum atomic E-state index is 10.9. The molecule has 0 fully saturated rings. The predicted molar refractivity (Wildman–Crippen MR) is 57.8 cm³/mol. The zero-order valence-corrected chi connectivity index (χ0v) is 10.7. The second-order valence-corrected chi connectivity index (χ2v) is 5.62. The summed E-state index contributed by atoms with van der Waals surface area (Å²) in [6.07, 6.45) is 0.683. The maximum absolute atomic E-state index is 10.9. The van der Waals surface area contributed by atoms with Gasteiger partial charge in [-0.15, -0.1) is 27.5 Å². The van der Waals surface area contributed by atoms with Crippen molar-refractivity contribution in [3.63, 3.8) is 0 Å². The van der Waals surface area contributed by atoms with E-state index in [0.717, 1.165) is 0 Å². The van der Waals surface area contributed by atoms with Gasteiger partial charge >= 0.3 is 10.3 Å². The summed E-state index contributed by atoms with van der Waals surface area (Å²) >= 11 is 11.5. The molecule has 14 heavy (non-hydrogen) atoms. The van der Waals surface area contributed by atoms with Crippen LogP contribution in [0.5, 0.6) is 0 Å². The van der Waals surface area contributed by atoms with Crippen LogP contribution in [0.15, 0.2) is 0 Å². The SMILES string of the molecule is CCC(C)C(C)(Cl)N(CCl)S(=O)(=O)O. The van der Waals surface area contributed by atoms with Gasteiger partial charge in [0.2, 0.25) is 0 Å². The summed E-state index contributed by atoms with van der Waals surface area (Å²) in [4.78, 5) is -1.20. The van der Waals surface area contributed by atoms with Crippen LogP contribution in [0.1, 0.15) is 27.2 Å². The van der Waals surface area contributed by atoms with Crippen LogP contribution >= 0.6 is 23.2 Å². The molecule has 0 bridgehead atoms. The third-order valence-corrected chi connectivity index (χ3v) is 4.51. The molecule has 0 amide bonds. The number of rotatable bonds is 5. The van der Waals surface area contributed by atoms with Crippen molar-refractivity contribution in [1.82, 2.24) is 4.31 Å². The summed E-state index contributed by atoms with van der Waals surface area (Å²) in [6, 6.07) is -0.372. The second-order valence-electron chi connectivity index (χ2n) is 3.28. The molecule has 2 unspecified atom stereocenters. The standard InChI is InChI=1S/C7H15Cl2NO3S/c1-4-6(2)7(3,9)10(5-8)14(11,12)13/h6H,4-5H2,1-3H3,(H,11,12,13). The lowest BCUT2D eigenvalue weighted by atomic mass is 10.0. The maximum Gasteiger partial charge on any atom is 0.338 e. The molecule has 4 nitrogen and oxygen atoms in total. The molecular formula is C7H15Cl2NO3S. The number of halogens is 2. The van der Waals surface area contributed by atoms with Crippen LogP contribution in [-0.4, -0.2) is 28.3 Å². The minimum atomic E-state index is -4.36. The van der Waals surface area contributed by atoms with Crippen molar-refractivity contribution in [3.8, 4) is 0 Å². The first-order valence-electron chi connectivity index (χ1n) is 4.18. The van der Waals surface area contributed by atoms with E-state index < -0.39 is 15.3 Å². The van der Waals surface area contributed by atoms with Gasteiger partial charge in [-0.25, -0.2) is 0 Å². The molecular weight excluding hydrogens is 249 g/mol. The zero-order valence-electron chi connectivity index (χ0n) is 8.37. The molecule has 0 aliphatic rings. The summed E-state index contributed by atoms with van der Waals surface area (Å²) < 4.78 is 31.4. The van der Waals surface area contributed by atoms with E-state index in [0.29, 0.717) is 10.7 Å². The summed E-state index contributed by atoms with van der Waals surface area (Å²) in [5.41, 5.74) is 0. The van der Waals surface area contributed by atoms with E-state index in [1.54, 1.807) is 6.92 Å². The molecule has 86 valence electrons. The van der Waals surface area contributed by atoms with Crippen molar-refractivity contribution in [2.45, 2.75) is 32.2 Å². The Morgan fingerprint density at radius 2 is 2.00 bits per heavy atom. The van der Waals surface area contributed by atoms with E-state index >= 15 is 0 Å². The Balaban J connectivity index is 5.03. The molecule has 0 saturated carbocycles. The van der Waals surface area contributed by atoms with E-state index in [9.17, 15) is 8.42 Å². The van der Waals surface area contributed by atoms with Gasteiger partial charge in [-0.2, -0.15) is 8.42 Å². The number of nitrogens with zero attached hydrogens (tertiary/aromatic N) is 1. The Morgan fingerprint density at radius 3 is 2.21 bits per heavy atom. The fraction of sp³-hybridized carbons (Fsp3) is 1.00. The Labute approximate surface area is 95.1 Å². The van der Waals surface area contributed by atoms with Crippen molar-refractivity contribution in [2.75, 3.05) is 6.00 Å². The van der Waals surface area contributed by atoms with Gasteiger partial charge in [0.05, 0.1) is 6.00 Å². The molecule has 0 aromatic rings. The molecule has 0 aliphatic heterocycles. The molecule has 0 aromatic carbocycles. The molecule has 0 spiro atoms. The first-order chi connectivity index (χ1) is 6.17. The first kappa shape index (κ1) is 14.5. The summed E-state index contributed by atoms with van der Waals surface area (Å²) in [5.74, 6) is -0.121. The highest BCUT2D eigenvalue weighted by Gasteiger charge is 2.40. The van der Waals surface area contributed by atoms with Crippen LogP contribution in [0.2, 0.25) is 0 Å². The van der Waals surface area contributed by atoms with Crippen LogP contribution in [0.25, 0.3) is 0 Å². The highest BCUT2D eigenvalue weighted by atomic mass is 35.5. The third kappa shape index (κ3) is 3.24. The van der Waals surface area contributed by atoms with Crippen LogP contribution in [-0.2, 0) is 10.3 Å². The summed E-state index contributed by atoms with van der Waals surface area (Å²) in [7, 11) is -4.36. The molecule has 0 rings (SSSR count). The minimum Gasteiger partial charge on any atom is -0.273 e. The van der Waals surface area contributed by atoms with Gasteiger partial charge < -0.3 is 0 Å². The Hall–Kier alpha value is 0.450. The van der Waals surface area contributed by atoms with Crippen molar-refractivity contribution >= 4 is 33.5 Å². The molecule has 0 aromatic heterocycles. The molecule has 1 N–H and O–H groups in total. The lowest BCUT2D eigenvalue weighted by molar-refractivity contribution is 0.222. The minimum absolute atomic E-state index is 0.121. The average Bonchev–Trinajstić information content (AvgIpc) is 2.00. The number of alkyl halides is 2. The molecule has 0 radical (unpaired) electrons. The topological polar surface area (TPSA) is 57.6 Å². The van der Waals surface area contributed by atoms with Crippen molar-refractivity contribution in [1.29, 1.82) is 0 Å². The number of hydrogen-bond donors (Lipinski definition) is 1. The summed E-state index contributed by atoms with van der Waals surface area (Å²) in [6.45, 7) is 5.18. The largest absolute Gasteiger partial charge is 0.338 e. The van der Waals surface area contributed by atoms with Crippen molar-refractivity contribution in [2.24, 2.45) is 5.92 Å². The normalized spacial score (nSPS) is 19.4. The van der Waals surface area contributed by atoms with Gasteiger partial charge in [-0.1, -0.05) is 20.3 Å². The van der Waals surface area contributed by atoms with E-state index in [4.69, 9.17) is 27.8 Å².